The van der Waals surface area contributed by atoms with Crippen molar-refractivity contribution in [1.29, 1.82) is 0 Å². The number of aromatic nitrogens is 2. The fourth-order valence-corrected chi connectivity index (χ4v) is 3.17. The Labute approximate surface area is 165 Å². The summed E-state index contributed by atoms with van der Waals surface area (Å²) >= 11 is 0. The molecule has 1 radical (unpaired) electrons. The zero-order valence-corrected chi connectivity index (χ0v) is 17.3. The number of aryl methyl sites for hydroxylation is 1. The van der Waals surface area contributed by atoms with Crippen LogP contribution in [-0.4, -0.2) is 22.0 Å². The summed E-state index contributed by atoms with van der Waals surface area (Å²) in [6.45, 7) is 12.0. The van der Waals surface area contributed by atoms with E-state index in [2.05, 4.69) is 74.2 Å². The van der Waals surface area contributed by atoms with Crippen molar-refractivity contribution in [2.24, 2.45) is 11.3 Å². The molecule has 0 spiro atoms. The van der Waals surface area contributed by atoms with Gasteiger partial charge in [0.1, 0.15) is 12.1 Å². The summed E-state index contributed by atoms with van der Waals surface area (Å²) in [5.41, 5.74) is 3.13. The van der Waals surface area contributed by atoms with Gasteiger partial charge in [0.25, 0.3) is 0 Å². The van der Waals surface area contributed by atoms with E-state index in [9.17, 15) is 0 Å². The fraction of sp³-hybridized carbons (Fsp3) is 0.500. The van der Waals surface area contributed by atoms with E-state index in [0.29, 0.717) is 17.3 Å². The molecule has 4 nitrogen and oxygen atoms in total. The molecule has 0 bridgehead atoms. The van der Waals surface area contributed by atoms with Gasteiger partial charge in [-0.15, -0.1) is 0 Å². The van der Waals surface area contributed by atoms with Gasteiger partial charge in [-0.25, -0.2) is 9.97 Å². The van der Waals surface area contributed by atoms with E-state index < -0.39 is 0 Å². The van der Waals surface area contributed by atoms with Crippen molar-refractivity contribution in [3.05, 3.63) is 54.0 Å². The van der Waals surface area contributed by atoms with Gasteiger partial charge in [-0.05, 0) is 35.8 Å². The molecule has 2 unspecified atom stereocenters. The Hall–Kier alpha value is -1.36. The molecule has 2 atom stereocenters. The zero-order valence-electron chi connectivity index (χ0n) is 16.0. The van der Waals surface area contributed by atoms with E-state index in [4.69, 9.17) is 0 Å². The van der Waals surface area contributed by atoms with Crippen LogP contribution in [0.25, 0.3) is 0 Å². The van der Waals surface area contributed by atoms with E-state index >= 15 is 0 Å². The van der Waals surface area contributed by atoms with E-state index in [1.165, 1.54) is 17.5 Å². The SMILES string of the molecule is CCC.Cc1ccc(C2C(CNc3ccncn3)C2(C)C)cc1.O.[HH].[V]. The molecule has 1 heterocycles. The molecule has 5 heteroatoms. The van der Waals surface area contributed by atoms with E-state index in [1.54, 1.807) is 12.5 Å². The number of benzene rings is 1. The molecule has 0 saturated heterocycles. The number of hydrogen-bond donors (Lipinski definition) is 1. The van der Waals surface area contributed by atoms with Gasteiger partial charge in [0.15, 0.2) is 0 Å². The van der Waals surface area contributed by atoms with Gasteiger partial charge < -0.3 is 10.8 Å². The van der Waals surface area contributed by atoms with E-state index in [0.717, 1.165) is 12.4 Å². The maximum Gasteiger partial charge on any atom is 0.129 e. The third kappa shape index (κ3) is 6.14. The molecule has 1 aromatic carbocycles. The minimum Gasteiger partial charge on any atom is -0.412 e. The molecule has 1 aromatic heterocycles. The first-order valence-electron chi connectivity index (χ1n) is 8.57. The Balaban J connectivity index is 0. The van der Waals surface area contributed by atoms with Crippen molar-refractivity contribution in [3.63, 3.8) is 0 Å². The molecular weight excluding hydrogens is 349 g/mol. The number of nitrogens with zero attached hydrogens (tertiary/aromatic N) is 2. The number of anilines is 1. The number of nitrogens with one attached hydrogen (secondary N) is 1. The molecule has 1 fully saturated rings. The zero-order chi connectivity index (χ0) is 16.9. The van der Waals surface area contributed by atoms with Crippen LogP contribution in [0.4, 0.5) is 5.82 Å². The third-order valence-electron chi connectivity index (χ3n) is 4.57. The topological polar surface area (TPSA) is 69.3 Å². The second-order valence-electron chi connectivity index (χ2n) is 7.00. The first-order valence-corrected chi connectivity index (χ1v) is 8.57. The Morgan fingerprint density at radius 2 is 1.72 bits per heavy atom. The normalized spacial score (nSPS) is 19.4. The number of rotatable bonds is 4. The minimum atomic E-state index is 0. The molecule has 0 amide bonds. The molecule has 3 N–H and O–H groups in total. The summed E-state index contributed by atoms with van der Waals surface area (Å²) in [4.78, 5) is 8.15. The van der Waals surface area contributed by atoms with Gasteiger partial charge in [0.05, 0.1) is 0 Å². The van der Waals surface area contributed by atoms with Crippen LogP contribution in [0.5, 0.6) is 0 Å². The first-order chi connectivity index (χ1) is 11.0. The quantitative estimate of drug-likeness (QED) is 0.848. The van der Waals surface area contributed by atoms with Gasteiger partial charge in [0, 0.05) is 32.7 Å². The molecular formula is C20H33N3OV. The fourth-order valence-electron chi connectivity index (χ4n) is 3.17. The van der Waals surface area contributed by atoms with Crippen LogP contribution in [0.1, 0.15) is 52.6 Å². The van der Waals surface area contributed by atoms with Crippen molar-refractivity contribution in [2.75, 3.05) is 11.9 Å². The van der Waals surface area contributed by atoms with Crippen molar-refractivity contribution >= 4 is 5.82 Å². The molecule has 2 aromatic rings. The van der Waals surface area contributed by atoms with Crippen LogP contribution in [-0.2, 0) is 18.6 Å². The molecule has 139 valence electrons. The summed E-state index contributed by atoms with van der Waals surface area (Å²) in [6.07, 6.45) is 4.60. The Kier molecular flexibility index (Phi) is 10.0. The van der Waals surface area contributed by atoms with Gasteiger partial charge in [-0.3, -0.25) is 0 Å². The molecule has 0 aliphatic heterocycles. The van der Waals surface area contributed by atoms with Gasteiger partial charge in [-0.1, -0.05) is 63.9 Å². The largest absolute Gasteiger partial charge is 0.412 e. The Morgan fingerprint density at radius 3 is 2.24 bits per heavy atom. The minimum absolute atomic E-state index is 0. The van der Waals surface area contributed by atoms with Crippen LogP contribution in [0.2, 0.25) is 0 Å². The van der Waals surface area contributed by atoms with Gasteiger partial charge in [-0.2, -0.15) is 0 Å². The van der Waals surface area contributed by atoms with Crippen LogP contribution in [0.3, 0.4) is 0 Å². The molecule has 1 aliphatic carbocycles. The van der Waals surface area contributed by atoms with E-state index in [1.807, 2.05) is 6.07 Å². The molecule has 1 saturated carbocycles. The van der Waals surface area contributed by atoms with Crippen molar-refractivity contribution in [2.45, 2.75) is 47.0 Å². The summed E-state index contributed by atoms with van der Waals surface area (Å²) in [7, 11) is 0. The average Bonchev–Trinajstić information content (AvgIpc) is 3.09. The summed E-state index contributed by atoms with van der Waals surface area (Å²) < 4.78 is 0. The predicted molar refractivity (Wildman–Crippen MR) is 103 cm³/mol. The van der Waals surface area contributed by atoms with Crippen LogP contribution in [0.15, 0.2) is 42.9 Å². The molecule has 1 aliphatic rings. The summed E-state index contributed by atoms with van der Waals surface area (Å²) in [5.74, 6) is 2.20. The van der Waals surface area contributed by atoms with Crippen LogP contribution >= 0.6 is 0 Å². The molecule has 3 rings (SSSR count). The summed E-state index contributed by atoms with van der Waals surface area (Å²) in [5, 5.41) is 3.42. The van der Waals surface area contributed by atoms with Crippen LogP contribution in [0, 0.1) is 18.3 Å². The number of hydrogen-bond acceptors (Lipinski definition) is 3. The third-order valence-corrected chi connectivity index (χ3v) is 4.57. The monoisotopic (exact) mass is 382 g/mol. The smallest absolute Gasteiger partial charge is 0.129 e. The standard InChI is InChI=1S/C17H21N3.C3H8.H2O.V.H2/c1-12-4-6-13(7-5-12)16-14(17(16,2)3)10-19-15-8-9-18-11-20-15;1-3-2;;;/h4-9,11,14,16H,10H2,1-3H3,(H,18,19,20);3H2,1-2H3;1H2;;1H. The van der Waals surface area contributed by atoms with Gasteiger partial charge in [0.2, 0.25) is 0 Å². The maximum atomic E-state index is 4.21. The van der Waals surface area contributed by atoms with Crippen molar-refractivity contribution in [3.8, 4) is 0 Å². The van der Waals surface area contributed by atoms with Crippen molar-refractivity contribution < 1.29 is 25.5 Å². The predicted octanol–water partition coefficient (Wildman–Crippen LogP) is 4.47. The second kappa shape index (κ2) is 10.6. The molecule has 25 heavy (non-hydrogen) atoms. The average molecular weight is 382 g/mol. The van der Waals surface area contributed by atoms with E-state index in [-0.39, 0.29) is 25.5 Å². The van der Waals surface area contributed by atoms with Crippen molar-refractivity contribution in [1.82, 2.24) is 9.97 Å². The van der Waals surface area contributed by atoms with Crippen LogP contribution < -0.4 is 5.32 Å². The summed E-state index contributed by atoms with van der Waals surface area (Å²) in [6, 6.07) is 10.9. The first kappa shape index (κ1) is 23.6. The Morgan fingerprint density at radius 1 is 1.12 bits per heavy atom. The maximum absolute atomic E-state index is 4.21. The second-order valence-corrected chi connectivity index (χ2v) is 7.00. The van der Waals surface area contributed by atoms with Gasteiger partial charge >= 0.3 is 0 Å². The Bertz CT molecular complexity index is 608.